The highest BCUT2D eigenvalue weighted by molar-refractivity contribution is 4.86. The average molecular weight is 246 g/mol. The van der Waals surface area contributed by atoms with Crippen LogP contribution in [-0.2, 0) is 4.74 Å². The van der Waals surface area contributed by atoms with E-state index in [2.05, 4.69) is 38.2 Å². The number of nitrogens with zero attached hydrogens (tertiary/aromatic N) is 1. The molecular weight excluding hydrogens is 212 g/mol. The molecule has 0 amide bonds. The first-order valence-corrected chi connectivity index (χ1v) is 7.07. The molecular formula is C14H34N2O. The van der Waals surface area contributed by atoms with Crippen LogP contribution in [0.25, 0.3) is 0 Å². The summed E-state index contributed by atoms with van der Waals surface area (Å²) in [4.78, 5) is 2.43. The van der Waals surface area contributed by atoms with Gasteiger partial charge in [0, 0.05) is 27.2 Å². The van der Waals surface area contributed by atoms with Crippen LogP contribution in [0.4, 0.5) is 0 Å². The van der Waals surface area contributed by atoms with Crippen molar-refractivity contribution in [3.8, 4) is 0 Å². The Hall–Kier alpha value is -0.120. The minimum Gasteiger partial charge on any atom is -0.383 e. The third-order valence-corrected chi connectivity index (χ3v) is 3.31. The summed E-state index contributed by atoms with van der Waals surface area (Å²) in [6.45, 7) is 6.13. The third-order valence-electron chi connectivity index (χ3n) is 3.31. The molecule has 0 heterocycles. The molecule has 1 aliphatic rings. The van der Waals surface area contributed by atoms with Gasteiger partial charge in [0.25, 0.3) is 0 Å². The van der Waals surface area contributed by atoms with Crippen molar-refractivity contribution in [3.05, 3.63) is 0 Å². The molecule has 0 radical (unpaired) electrons. The number of hydrogen-bond acceptors (Lipinski definition) is 3. The number of ether oxygens (including phenoxy) is 1. The van der Waals surface area contributed by atoms with E-state index >= 15 is 0 Å². The molecule has 0 bridgehead atoms. The van der Waals surface area contributed by atoms with E-state index in [1.807, 2.05) is 0 Å². The second-order valence-electron chi connectivity index (χ2n) is 4.93. The van der Waals surface area contributed by atoms with Crippen LogP contribution >= 0.6 is 0 Å². The molecule has 3 heteroatoms. The van der Waals surface area contributed by atoms with Crippen molar-refractivity contribution in [2.75, 3.05) is 34.4 Å². The minimum atomic E-state index is 0. The van der Waals surface area contributed by atoms with Crippen LogP contribution < -0.4 is 5.32 Å². The number of rotatable bonds is 5. The smallest absolute Gasteiger partial charge is 0.0589 e. The fraction of sp³-hybridized carbons (Fsp3) is 1.00. The molecule has 0 unspecified atom stereocenters. The largest absolute Gasteiger partial charge is 0.383 e. The van der Waals surface area contributed by atoms with Crippen molar-refractivity contribution in [2.24, 2.45) is 0 Å². The predicted molar refractivity (Wildman–Crippen MR) is 77.7 cm³/mol. The summed E-state index contributed by atoms with van der Waals surface area (Å²) >= 11 is 0. The highest BCUT2D eigenvalue weighted by Gasteiger charge is 2.26. The second-order valence-corrected chi connectivity index (χ2v) is 4.93. The number of methoxy groups -OCH3 is 1. The van der Waals surface area contributed by atoms with Crippen LogP contribution in [0.1, 0.15) is 47.4 Å². The van der Waals surface area contributed by atoms with E-state index in [-0.39, 0.29) is 1.43 Å². The molecule has 1 rings (SSSR count). The van der Waals surface area contributed by atoms with Crippen LogP contribution in [0.3, 0.4) is 0 Å². The summed E-state index contributed by atoms with van der Waals surface area (Å²) < 4.78 is 5.11. The van der Waals surface area contributed by atoms with Gasteiger partial charge in [-0.05, 0) is 26.9 Å². The van der Waals surface area contributed by atoms with E-state index in [4.69, 9.17) is 4.74 Å². The van der Waals surface area contributed by atoms with Gasteiger partial charge in [-0.3, -0.25) is 4.90 Å². The Morgan fingerprint density at radius 3 is 2.41 bits per heavy atom. The van der Waals surface area contributed by atoms with E-state index < -0.39 is 0 Å². The van der Waals surface area contributed by atoms with E-state index in [1.54, 1.807) is 7.11 Å². The van der Waals surface area contributed by atoms with Crippen molar-refractivity contribution >= 4 is 0 Å². The van der Waals surface area contributed by atoms with Crippen LogP contribution in [0.2, 0.25) is 0 Å². The molecule has 1 saturated carbocycles. The van der Waals surface area contributed by atoms with Gasteiger partial charge < -0.3 is 10.1 Å². The SMILES string of the molecule is CCC.CN[C@H]1CCCC[C@@H]1N(C)CCOC.[HH]. The second kappa shape index (κ2) is 11.0. The van der Waals surface area contributed by atoms with Crippen molar-refractivity contribution in [1.82, 2.24) is 10.2 Å². The van der Waals surface area contributed by atoms with E-state index in [0.29, 0.717) is 12.1 Å². The fourth-order valence-corrected chi connectivity index (χ4v) is 2.38. The van der Waals surface area contributed by atoms with Crippen LogP contribution in [0.5, 0.6) is 0 Å². The maximum Gasteiger partial charge on any atom is 0.0589 e. The maximum atomic E-state index is 5.11. The molecule has 0 aromatic heterocycles. The van der Waals surface area contributed by atoms with E-state index in [1.165, 1.54) is 32.1 Å². The van der Waals surface area contributed by atoms with Crippen LogP contribution in [0, 0.1) is 0 Å². The first-order valence-electron chi connectivity index (χ1n) is 7.07. The van der Waals surface area contributed by atoms with Crippen LogP contribution in [0.15, 0.2) is 0 Å². The van der Waals surface area contributed by atoms with Gasteiger partial charge in [-0.2, -0.15) is 0 Å². The lowest BCUT2D eigenvalue weighted by molar-refractivity contribution is 0.106. The zero-order chi connectivity index (χ0) is 13.1. The number of likely N-dealkylation sites (N-methyl/N-ethyl adjacent to an activating group) is 2. The molecule has 3 nitrogen and oxygen atoms in total. The van der Waals surface area contributed by atoms with Crippen molar-refractivity contribution in [2.45, 2.75) is 58.0 Å². The van der Waals surface area contributed by atoms with Gasteiger partial charge in [0.05, 0.1) is 6.61 Å². The third kappa shape index (κ3) is 7.02. The highest BCUT2D eigenvalue weighted by atomic mass is 16.5. The van der Waals surface area contributed by atoms with Crippen LogP contribution in [-0.4, -0.2) is 51.3 Å². The van der Waals surface area contributed by atoms with Gasteiger partial charge in [0.1, 0.15) is 0 Å². The summed E-state index contributed by atoms with van der Waals surface area (Å²) in [7, 11) is 6.05. The first-order chi connectivity index (χ1) is 8.21. The highest BCUT2D eigenvalue weighted by Crippen LogP contribution is 2.21. The standard InChI is InChI=1S/C11H24N2O.C3H8.H2/c1-12-10-6-4-5-7-11(10)13(2)8-9-14-3;1-3-2;/h10-12H,4-9H2,1-3H3;3H2,1-2H3;1H/t10-,11-;;/m0../s1. The Bertz CT molecular complexity index is 170. The quantitative estimate of drug-likeness (QED) is 0.807. The molecule has 0 aromatic rings. The predicted octanol–water partition coefficient (Wildman–Crippen LogP) is 2.76. The lowest BCUT2D eigenvalue weighted by Gasteiger charge is -2.37. The van der Waals surface area contributed by atoms with E-state index in [0.717, 1.165) is 13.2 Å². The van der Waals surface area contributed by atoms with Crippen molar-refractivity contribution in [3.63, 3.8) is 0 Å². The van der Waals surface area contributed by atoms with Crippen molar-refractivity contribution in [1.29, 1.82) is 0 Å². The Labute approximate surface area is 109 Å². The van der Waals surface area contributed by atoms with E-state index in [9.17, 15) is 0 Å². The topological polar surface area (TPSA) is 24.5 Å². The molecule has 106 valence electrons. The summed E-state index contributed by atoms with van der Waals surface area (Å²) in [6.07, 6.45) is 6.64. The molecule has 1 fully saturated rings. The lowest BCUT2D eigenvalue weighted by Crippen LogP contribution is -2.50. The van der Waals surface area contributed by atoms with Gasteiger partial charge in [0.15, 0.2) is 0 Å². The summed E-state index contributed by atoms with van der Waals surface area (Å²) in [5, 5.41) is 3.43. The molecule has 17 heavy (non-hydrogen) atoms. The maximum absolute atomic E-state index is 5.11. The Kier molecular flexibility index (Phi) is 10.9. The fourth-order valence-electron chi connectivity index (χ4n) is 2.38. The molecule has 0 saturated heterocycles. The zero-order valence-corrected chi connectivity index (χ0v) is 12.5. The molecule has 0 spiro atoms. The lowest BCUT2D eigenvalue weighted by atomic mass is 9.89. The first kappa shape index (κ1) is 16.9. The average Bonchev–Trinajstić information content (AvgIpc) is 2.36. The Balaban J connectivity index is 0. The monoisotopic (exact) mass is 246 g/mol. The molecule has 1 N–H and O–H groups in total. The number of nitrogens with one attached hydrogen (secondary N) is 1. The van der Waals surface area contributed by atoms with Gasteiger partial charge >= 0.3 is 0 Å². The Morgan fingerprint density at radius 2 is 1.88 bits per heavy atom. The van der Waals surface area contributed by atoms with Gasteiger partial charge in [-0.15, -0.1) is 0 Å². The normalized spacial score (nSPS) is 24.4. The molecule has 0 aliphatic heterocycles. The number of hydrogen-bond donors (Lipinski definition) is 1. The minimum absolute atomic E-state index is 0. The van der Waals surface area contributed by atoms with Gasteiger partial charge in [-0.25, -0.2) is 0 Å². The summed E-state index contributed by atoms with van der Waals surface area (Å²) in [6, 6.07) is 1.37. The zero-order valence-electron chi connectivity index (χ0n) is 12.5. The summed E-state index contributed by atoms with van der Waals surface area (Å²) in [5.74, 6) is 0. The van der Waals surface area contributed by atoms with Gasteiger partial charge in [0.2, 0.25) is 0 Å². The van der Waals surface area contributed by atoms with Crippen molar-refractivity contribution < 1.29 is 6.16 Å². The van der Waals surface area contributed by atoms with Gasteiger partial charge in [-0.1, -0.05) is 33.1 Å². The molecule has 2 atom stereocenters. The Morgan fingerprint density at radius 1 is 1.29 bits per heavy atom. The molecule has 0 aromatic carbocycles. The summed E-state index contributed by atoms with van der Waals surface area (Å²) in [5.41, 5.74) is 0. The molecule has 1 aliphatic carbocycles.